The number of carbonyl (C=O) groups is 1. The fourth-order valence-corrected chi connectivity index (χ4v) is 2.64. The van der Waals surface area contributed by atoms with Crippen LogP contribution in [-0.2, 0) is 0 Å². The fourth-order valence-electron chi connectivity index (χ4n) is 2.64. The molecule has 3 aromatic rings. The van der Waals surface area contributed by atoms with Gasteiger partial charge in [-0.05, 0) is 43.2 Å². The first-order chi connectivity index (χ1) is 12.1. The molecular formula is C21H21N3O. The van der Waals surface area contributed by atoms with Gasteiger partial charge < -0.3 is 10.6 Å². The van der Waals surface area contributed by atoms with Crippen LogP contribution in [0.4, 0.5) is 11.5 Å². The molecule has 1 aromatic heterocycles. The fraction of sp³-hybridized carbons (Fsp3) is 0.143. The molecule has 1 atom stereocenters. The molecule has 0 spiro atoms. The third-order valence-electron chi connectivity index (χ3n) is 4.08. The van der Waals surface area contributed by atoms with Crippen molar-refractivity contribution in [1.29, 1.82) is 0 Å². The number of amides is 1. The van der Waals surface area contributed by atoms with Crippen molar-refractivity contribution in [2.24, 2.45) is 0 Å². The van der Waals surface area contributed by atoms with E-state index in [4.69, 9.17) is 0 Å². The van der Waals surface area contributed by atoms with Gasteiger partial charge in [-0.15, -0.1) is 0 Å². The first-order valence-corrected chi connectivity index (χ1v) is 8.28. The number of nitrogens with zero attached hydrogens (tertiary/aromatic N) is 1. The number of pyridine rings is 1. The van der Waals surface area contributed by atoms with Crippen molar-refractivity contribution >= 4 is 17.4 Å². The summed E-state index contributed by atoms with van der Waals surface area (Å²) in [5.74, 6) is 0.384. The number of aryl methyl sites for hydroxylation is 1. The third kappa shape index (κ3) is 4.23. The van der Waals surface area contributed by atoms with E-state index in [1.807, 2.05) is 55.5 Å². The molecule has 4 nitrogen and oxygen atoms in total. The molecule has 1 amide bonds. The quantitative estimate of drug-likeness (QED) is 0.705. The van der Waals surface area contributed by atoms with E-state index in [2.05, 4.69) is 34.7 Å². The highest BCUT2D eigenvalue weighted by atomic mass is 16.1. The lowest BCUT2D eigenvalue weighted by Crippen LogP contribution is -2.14. The highest BCUT2D eigenvalue weighted by molar-refractivity contribution is 6.04. The summed E-state index contributed by atoms with van der Waals surface area (Å²) >= 11 is 0. The van der Waals surface area contributed by atoms with Crippen molar-refractivity contribution in [3.8, 4) is 0 Å². The molecule has 0 saturated carbocycles. The van der Waals surface area contributed by atoms with Crippen LogP contribution in [0.5, 0.6) is 0 Å². The van der Waals surface area contributed by atoms with Crippen molar-refractivity contribution in [3.63, 3.8) is 0 Å². The van der Waals surface area contributed by atoms with E-state index in [-0.39, 0.29) is 11.9 Å². The van der Waals surface area contributed by atoms with Crippen molar-refractivity contribution in [2.45, 2.75) is 19.9 Å². The van der Waals surface area contributed by atoms with Gasteiger partial charge in [0.25, 0.3) is 5.91 Å². The molecule has 0 radical (unpaired) electrons. The summed E-state index contributed by atoms with van der Waals surface area (Å²) in [5.41, 5.74) is 3.71. The molecule has 3 rings (SSSR count). The van der Waals surface area contributed by atoms with Gasteiger partial charge in [-0.25, -0.2) is 4.98 Å². The average molecular weight is 331 g/mol. The number of anilines is 2. The van der Waals surface area contributed by atoms with Gasteiger partial charge >= 0.3 is 0 Å². The molecule has 25 heavy (non-hydrogen) atoms. The second kappa shape index (κ2) is 7.62. The minimum atomic E-state index is -0.149. The zero-order chi connectivity index (χ0) is 17.6. The molecule has 126 valence electrons. The summed E-state index contributed by atoms with van der Waals surface area (Å²) in [6.45, 7) is 4.02. The van der Waals surface area contributed by atoms with E-state index in [0.29, 0.717) is 11.4 Å². The van der Waals surface area contributed by atoms with Crippen LogP contribution in [0.1, 0.15) is 34.5 Å². The molecule has 1 heterocycles. The number of carbonyl (C=O) groups excluding carboxylic acids is 1. The van der Waals surface area contributed by atoms with Gasteiger partial charge in [-0.2, -0.15) is 0 Å². The van der Waals surface area contributed by atoms with Crippen LogP contribution in [0.3, 0.4) is 0 Å². The zero-order valence-corrected chi connectivity index (χ0v) is 14.4. The lowest BCUT2D eigenvalue weighted by molar-refractivity contribution is 0.102. The summed E-state index contributed by atoms with van der Waals surface area (Å²) in [6.07, 6.45) is 1.73. The van der Waals surface area contributed by atoms with Gasteiger partial charge in [0.2, 0.25) is 0 Å². The Bertz CT molecular complexity index is 845. The average Bonchev–Trinajstić information content (AvgIpc) is 2.64. The van der Waals surface area contributed by atoms with E-state index in [1.54, 1.807) is 12.3 Å². The first kappa shape index (κ1) is 16.7. The Morgan fingerprint density at radius 1 is 0.960 bits per heavy atom. The normalized spacial score (nSPS) is 11.6. The Kier molecular flexibility index (Phi) is 5.09. The van der Waals surface area contributed by atoms with Crippen molar-refractivity contribution in [2.75, 3.05) is 10.6 Å². The van der Waals surface area contributed by atoms with Crippen LogP contribution in [0.25, 0.3) is 0 Å². The van der Waals surface area contributed by atoms with Crippen molar-refractivity contribution in [3.05, 3.63) is 89.6 Å². The minimum absolute atomic E-state index is 0.149. The topological polar surface area (TPSA) is 54.0 Å². The number of hydrogen-bond donors (Lipinski definition) is 2. The molecule has 1 unspecified atom stereocenters. The van der Waals surface area contributed by atoms with Gasteiger partial charge in [0.05, 0.1) is 11.9 Å². The maximum absolute atomic E-state index is 12.3. The van der Waals surface area contributed by atoms with E-state index in [1.165, 1.54) is 5.56 Å². The Balaban J connectivity index is 1.64. The van der Waals surface area contributed by atoms with E-state index < -0.39 is 0 Å². The largest absolute Gasteiger partial charge is 0.377 e. The monoisotopic (exact) mass is 331 g/mol. The minimum Gasteiger partial charge on any atom is -0.377 e. The van der Waals surface area contributed by atoms with Crippen LogP contribution < -0.4 is 10.6 Å². The van der Waals surface area contributed by atoms with E-state index in [0.717, 1.165) is 11.3 Å². The summed E-state index contributed by atoms with van der Waals surface area (Å²) in [7, 11) is 0. The summed E-state index contributed by atoms with van der Waals surface area (Å²) in [4.78, 5) is 16.6. The van der Waals surface area contributed by atoms with E-state index >= 15 is 0 Å². The molecular weight excluding hydrogens is 310 g/mol. The smallest absolute Gasteiger partial charge is 0.257 e. The van der Waals surface area contributed by atoms with Crippen LogP contribution in [0, 0.1) is 6.92 Å². The number of nitrogens with one attached hydrogen (secondary N) is 2. The van der Waals surface area contributed by atoms with Gasteiger partial charge in [0.15, 0.2) is 0 Å². The molecule has 0 aliphatic carbocycles. The SMILES string of the molecule is Cc1ccccc1C(=O)Nc1ccc(NC(C)c2ccccc2)cn1. The predicted octanol–water partition coefficient (Wildman–Crippen LogP) is 4.82. The summed E-state index contributed by atoms with van der Waals surface area (Å²) < 4.78 is 0. The molecule has 0 bridgehead atoms. The zero-order valence-electron chi connectivity index (χ0n) is 14.4. The standard InChI is InChI=1S/C21H21N3O/c1-15-8-6-7-11-19(15)21(25)24-20-13-12-18(14-22-20)23-16(2)17-9-4-3-5-10-17/h3-14,16,23H,1-2H3,(H,22,24,25). The van der Waals surface area contributed by atoms with E-state index in [9.17, 15) is 4.79 Å². The van der Waals surface area contributed by atoms with Gasteiger partial charge in [-0.1, -0.05) is 48.5 Å². The Morgan fingerprint density at radius 3 is 2.36 bits per heavy atom. The number of benzene rings is 2. The molecule has 0 aliphatic heterocycles. The molecule has 2 aromatic carbocycles. The van der Waals surface area contributed by atoms with Crippen LogP contribution >= 0.6 is 0 Å². The summed E-state index contributed by atoms with van der Waals surface area (Å²) in [5, 5.41) is 6.24. The molecule has 0 saturated heterocycles. The number of aromatic nitrogens is 1. The highest BCUT2D eigenvalue weighted by Crippen LogP contribution is 2.19. The Hall–Kier alpha value is -3.14. The molecule has 0 aliphatic rings. The number of hydrogen-bond acceptors (Lipinski definition) is 3. The van der Waals surface area contributed by atoms with Gasteiger partial charge in [0, 0.05) is 11.6 Å². The van der Waals surface area contributed by atoms with Crippen LogP contribution in [-0.4, -0.2) is 10.9 Å². The maximum atomic E-state index is 12.3. The predicted molar refractivity (Wildman–Crippen MR) is 102 cm³/mol. The Labute approximate surface area is 147 Å². The van der Waals surface area contributed by atoms with Crippen LogP contribution in [0.15, 0.2) is 72.9 Å². The molecule has 0 fully saturated rings. The van der Waals surface area contributed by atoms with Crippen LogP contribution in [0.2, 0.25) is 0 Å². The van der Waals surface area contributed by atoms with Gasteiger partial charge in [0.1, 0.15) is 5.82 Å². The second-order valence-electron chi connectivity index (χ2n) is 5.98. The highest BCUT2D eigenvalue weighted by Gasteiger charge is 2.09. The first-order valence-electron chi connectivity index (χ1n) is 8.28. The second-order valence-corrected chi connectivity index (χ2v) is 5.98. The summed E-state index contributed by atoms with van der Waals surface area (Å²) in [6, 6.07) is 21.6. The Morgan fingerprint density at radius 2 is 1.68 bits per heavy atom. The molecule has 2 N–H and O–H groups in total. The number of rotatable bonds is 5. The third-order valence-corrected chi connectivity index (χ3v) is 4.08. The van der Waals surface area contributed by atoms with Gasteiger partial charge in [-0.3, -0.25) is 4.79 Å². The lowest BCUT2D eigenvalue weighted by atomic mass is 10.1. The lowest BCUT2D eigenvalue weighted by Gasteiger charge is -2.15. The van der Waals surface area contributed by atoms with Crippen molar-refractivity contribution in [1.82, 2.24) is 4.98 Å². The van der Waals surface area contributed by atoms with Crippen molar-refractivity contribution < 1.29 is 4.79 Å². The molecule has 4 heteroatoms. The maximum Gasteiger partial charge on any atom is 0.257 e.